The van der Waals surface area contributed by atoms with Crippen molar-refractivity contribution in [3.63, 3.8) is 0 Å². The van der Waals surface area contributed by atoms with E-state index in [1.807, 2.05) is 12.1 Å². The Hall–Kier alpha value is -2.40. The van der Waals surface area contributed by atoms with Crippen LogP contribution >= 0.6 is 11.3 Å². The first kappa shape index (κ1) is 24.9. The first-order valence-electron chi connectivity index (χ1n) is 11.5. The van der Waals surface area contributed by atoms with Gasteiger partial charge in [-0.1, -0.05) is 80.4 Å². The van der Waals surface area contributed by atoms with Crippen molar-refractivity contribution in [2.75, 3.05) is 6.61 Å². The van der Waals surface area contributed by atoms with Gasteiger partial charge in [0.15, 0.2) is 5.06 Å². The van der Waals surface area contributed by atoms with E-state index in [9.17, 15) is 4.79 Å². The van der Waals surface area contributed by atoms with E-state index in [-0.39, 0.29) is 5.91 Å². The summed E-state index contributed by atoms with van der Waals surface area (Å²) in [6.07, 6.45) is 30.1. The van der Waals surface area contributed by atoms with E-state index in [0.717, 1.165) is 30.7 Å². The molecule has 0 fully saturated rings. The molecule has 0 bridgehead atoms. The van der Waals surface area contributed by atoms with Crippen LogP contribution in [-0.4, -0.2) is 22.1 Å². The number of nitrogens with zero attached hydrogens (tertiary/aromatic N) is 2. The third-order valence-electron chi connectivity index (χ3n) is 4.82. The van der Waals surface area contributed by atoms with E-state index in [4.69, 9.17) is 4.74 Å². The number of aromatic nitrogens is 2. The third kappa shape index (κ3) is 11.0. The van der Waals surface area contributed by atoms with E-state index >= 15 is 0 Å². The van der Waals surface area contributed by atoms with Gasteiger partial charge < -0.3 is 4.74 Å². The molecule has 4 nitrogen and oxygen atoms in total. The Kier molecular flexibility index (Phi) is 13.1. The van der Waals surface area contributed by atoms with Crippen LogP contribution < -0.4 is 4.74 Å². The van der Waals surface area contributed by atoms with Crippen LogP contribution in [0.2, 0.25) is 0 Å². The summed E-state index contributed by atoms with van der Waals surface area (Å²) < 4.78 is 7.28. The molecule has 2 aromatic heterocycles. The van der Waals surface area contributed by atoms with Crippen LogP contribution in [0.1, 0.15) is 80.8 Å². The maximum atomic E-state index is 12.2. The summed E-state index contributed by atoms with van der Waals surface area (Å²) >= 11 is 1.39. The zero-order valence-corrected chi connectivity index (χ0v) is 19.6. The highest BCUT2D eigenvalue weighted by molar-refractivity contribution is 7.15. The molecule has 2 rings (SSSR count). The number of rotatable bonds is 16. The molecule has 0 unspecified atom stereocenters. The Morgan fingerprint density at radius 1 is 0.968 bits per heavy atom. The summed E-state index contributed by atoms with van der Waals surface area (Å²) in [5.74, 6) is -0.0662. The summed E-state index contributed by atoms with van der Waals surface area (Å²) in [7, 11) is 0. The lowest BCUT2D eigenvalue weighted by atomic mass is 10.1. The minimum absolute atomic E-state index is 0.0662. The number of carbonyl (C=O) groups is 1. The maximum absolute atomic E-state index is 12.2. The third-order valence-corrected chi connectivity index (χ3v) is 5.81. The van der Waals surface area contributed by atoms with Crippen molar-refractivity contribution in [1.29, 1.82) is 0 Å². The maximum Gasteiger partial charge on any atom is 0.273 e. The van der Waals surface area contributed by atoms with Crippen molar-refractivity contribution in [3.05, 3.63) is 72.2 Å². The number of unbranched alkanes of at least 4 members (excludes halogenated alkanes) is 6. The van der Waals surface area contributed by atoms with Crippen LogP contribution in [0, 0.1) is 0 Å². The Labute approximate surface area is 191 Å². The van der Waals surface area contributed by atoms with Crippen LogP contribution in [0.4, 0.5) is 0 Å². The largest absolute Gasteiger partial charge is 0.484 e. The lowest BCUT2D eigenvalue weighted by Crippen LogP contribution is -2.07. The van der Waals surface area contributed by atoms with Crippen LogP contribution in [0.3, 0.4) is 0 Å². The van der Waals surface area contributed by atoms with Gasteiger partial charge in [-0.05, 0) is 50.7 Å². The summed E-state index contributed by atoms with van der Waals surface area (Å²) in [4.78, 5) is 16.8. The number of imidazole rings is 1. The highest BCUT2D eigenvalue weighted by Gasteiger charge is 2.11. The second-order valence-corrected chi connectivity index (χ2v) is 8.49. The summed E-state index contributed by atoms with van der Waals surface area (Å²) in [5, 5.41) is 0.808. The summed E-state index contributed by atoms with van der Waals surface area (Å²) in [6.45, 7) is 2.87. The number of thiophene rings is 1. The van der Waals surface area contributed by atoms with E-state index in [0.29, 0.717) is 11.5 Å². The molecule has 0 aromatic carbocycles. The summed E-state index contributed by atoms with van der Waals surface area (Å²) in [6, 6.07) is 3.69. The fourth-order valence-corrected chi connectivity index (χ4v) is 3.91. The first-order chi connectivity index (χ1) is 15.3. The van der Waals surface area contributed by atoms with Crippen LogP contribution in [-0.2, 0) is 0 Å². The molecule has 0 N–H and O–H groups in total. The predicted molar refractivity (Wildman–Crippen MR) is 131 cm³/mol. The van der Waals surface area contributed by atoms with Gasteiger partial charge in [-0.3, -0.25) is 9.36 Å². The Balaban J connectivity index is 1.41. The molecule has 0 spiro atoms. The zero-order valence-electron chi connectivity index (χ0n) is 18.7. The number of ether oxygens (including phenoxy) is 1. The van der Waals surface area contributed by atoms with Crippen molar-refractivity contribution in [3.8, 4) is 5.06 Å². The molecule has 168 valence electrons. The van der Waals surface area contributed by atoms with Gasteiger partial charge in [-0.15, -0.1) is 0 Å². The highest BCUT2D eigenvalue weighted by atomic mass is 32.1. The average Bonchev–Trinajstić information content (AvgIpc) is 3.48. The first-order valence-corrected chi connectivity index (χ1v) is 12.3. The quantitative estimate of drug-likeness (QED) is 0.199. The SMILES string of the molecule is CC/C=C/C/C=C/C/C=C/CCCCCCCCOc1ccc(C(=O)n2ccnc2)s1. The molecule has 0 aliphatic rings. The number of carbonyl (C=O) groups excluding carboxylic acids is 1. The molecule has 0 aliphatic carbocycles. The standard InChI is InChI=1S/C26H36N2O2S/c1-2-3-4-5-6-7-8-9-10-11-12-13-14-15-16-17-22-30-25-19-18-24(31-25)26(29)28-21-20-27-23-28/h3-4,6-7,9-10,18-21,23H,2,5,8,11-17,22H2,1H3/b4-3+,7-6+,10-9+. The van der Waals surface area contributed by atoms with Gasteiger partial charge in [0.1, 0.15) is 6.33 Å². The Morgan fingerprint density at radius 2 is 1.68 bits per heavy atom. The molecule has 0 atom stereocenters. The lowest BCUT2D eigenvalue weighted by Gasteiger charge is -2.03. The summed E-state index contributed by atoms with van der Waals surface area (Å²) in [5.41, 5.74) is 0. The predicted octanol–water partition coefficient (Wildman–Crippen LogP) is 7.60. The number of allylic oxidation sites excluding steroid dienone is 6. The van der Waals surface area contributed by atoms with Crippen LogP contribution in [0.25, 0.3) is 0 Å². The fourth-order valence-electron chi connectivity index (χ4n) is 3.09. The Morgan fingerprint density at radius 3 is 2.42 bits per heavy atom. The van der Waals surface area contributed by atoms with E-state index in [1.165, 1.54) is 60.8 Å². The van der Waals surface area contributed by atoms with E-state index in [1.54, 1.807) is 12.4 Å². The second kappa shape index (κ2) is 16.3. The van der Waals surface area contributed by atoms with Crippen molar-refractivity contribution in [2.24, 2.45) is 0 Å². The molecule has 2 aromatic rings. The molecule has 2 heterocycles. The minimum atomic E-state index is -0.0662. The molecule has 0 saturated heterocycles. The van der Waals surface area contributed by atoms with Crippen molar-refractivity contribution < 1.29 is 9.53 Å². The van der Waals surface area contributed by atoms with E-state index in [2.05, 4.69) is 48.4 Å². The Bertz CT molecular complexity index is 803. The van der Waals surface area contributed by atoms with E-state index < -0.39 is 0 Å². The number of hydrogen-bond donors (Lipinski definition) is 0. The van der Waals surface area contributed by atoms with Gasteiger partial charge in [-0.2, -0.15) is 0 Å². The van der Waals surface area contributed by atoms with Crippen LogP contribution in [0.5, 0.6) is 5.06 Å². The van der Waals surface area contributed by atoms with Crippen molar-refractivity contribution in [1.82, 2.24) is 9.55 Å². The van der Waals surface area contributed by atoms with Crippen molar-refractivity contribution >= 4 is 17.2 Å². The average molecular weight is 441 g/mol. The molecule has 0 radical (unpaired) electrons. The van der Waals surface area contributed by atoms with Crippen molar-refractivity contribution in [2.45, 2.75) is 71.1 Å². The highest BCUT2D eigenvalue weighted by Crippen LogP contribution is 2.25. The topological polar surface area (TPSA) is 44.1 Å². The van der Waals surface area contributed by atoms with Gasteiger partial charge in [0.25, 0.3) is 5.91 Å². The molecule has 0 saturated carbocycles. The van der Waals surface area contributed by atoms with Gasteiger partial charge in [-0.25, -0.2) is 4.98 Å². The molecule has 0 amide bonds. The molecular formula is C26H36N2O2S. The molecule has 0 aliphatic heterocycles. The van der Waals surface area contributed by atoms with Gasteiger partial charge in [0.2, 0.25) is 0 Å². The molecule has 31 heavy (non-hydrogen) atoms. The van der Waals surface area contributed by atoms with Gasteiger partial charge in [0.05, 0.1) is 11.5 Å². The zero-order chi connectivity index (χ0) is 22.0. The monoisotopic (exact) mass is 440 g/mol. The smallest absolute Gasteiger partial charge is 0.273 e. The minimum Gasteiger partial charge on any atom is -0.484 e. The normalized spacial score (nSPS) is 11.9. The molecule has 5 heteroatoms. The van der Waals surface area contributed by atoms with Gasteiger partial charge in [0, 0.05) is 12.4 Å². The second-order valence-electron chi connectivity index (χ2n) is 7.45. The molecular weight excluding hydrogens is 404 g/mol. The number of hydrogen-bond acceptors (Lipinski definition) is 4. The lowest BCUT2D eigenvalue weighted by molar-refractivity contribution is 0.0964. The van der Waals surface area contributed by atoms with Crippen LogP contribution in [0.15, 0.2) is 67.3 Å². The fraction of sp³-hybridized carbons (Fsp3) is 0.462. The van der Waals surface area contributed by atoms with Gasteiger partial charge >= 0.3 is 0 Å².